The van der Waals surface area contributed by atoms with Gasteiger partial charge in [0.2, 0.25) is 5.91 Å². The lowest BCUT2D eigenvalue weighted by atomic mass is 10.1. The zero-order valence-electron chi connectivity index (χ0n) is 12.3. The van der Waals surface area contributed by atoms with Gasteiger partial charge >= 0.3 is 6.18 Å². The van der Waals surface area contributed by atoms with Gasteiger partial charge in [0.25, 0.3) is 0 Å². The summed E-state index contributed by atoms with van der Waals surface area (Å²) < 4.78 is 38.9. The van der Waals surface area contributed by atoms with Gasteiger partial charge in [-0.2, -0.15) is 13.2 Å². The second kappa shape index (κ2) is 7.77. The van der Waals surface area contributed by atoms with Crippen molar-refractivity contribution in [3.63, 3.8) is 0 Å². The van der Waals surface area contributed by atoms with E-state index < -0.39 is 11.7 Å². The minimum atomic E-state index is -4.53. The SMILES string of the molecule is O=C(CCNc1ccc(Cl)cc1C(F)(F)F)Nc1ccccc1Cl. The summed E-state index contributed by atoms with van der Waals surface area (Å²) in [5, 5.41) is 5.58. The Hall–Kier alpha value is -1.92. The van der Waals surface area contributed by atoms with Gasteiger partial charge in [-0.05, 0) is 30.3 Å². The zero-order valence-corrected chi connectivity index (χ0v) is 13.8. The molecule has 2 aromatic rings. The van der Waals surface area contributed by atoms with Gasteiger partial charge in [-0.3, -0.25) is 4.79 Å². The van der Waals surface area contributed by atoms with Crippen molar-refractivity contribution in [2.75, 3.05) is 17.2 Å². The first-order valence-corrected chi connectivity index (χ1v) is 7.68. The molecule has 1 amide bonds. The number of amides is 1. The van der Waals surface area contributed by atoms with Gasteiger partial charge < -0.3 is 10.6 Å². The smallest absolute Gasteiger partial charge is 0.384 e. The van der Waals surface area contributed by atoms with Crippen LogP contribution in [0.15, 0.2) is 42.5 Å². The van der Waals surface area contributed by atoms with Gasteiger partial charge in [-0.1, -0.05) is 35.3 Å². The third kappa shape index (κ3) is 5.04. The van der Waals surface area contributed by atoms with Crippen LogP contribution in [0.4, 0.5) is 24.5 Å². The second-order valence-electron chi connectivity index (χ2n) is 4.89. The molecule has 24 heavy (non-hydrogen) atoms. The van der Waals surface area contributed by atoms with E-state index in [4.69, 9.17) is 23.2 Å². The second-order valence-corrected chi connectivity index (χ2v) is 5.74. The summed E-state index contributed by atoms with van der Waals surface area (Å²) in [4.78, 5) is 11.8. The quantitative estimate of drug-likeness (QED) is 0.727. The van der Waals surface area contributed by atoms with E-state index in [1.54, 1.807) is 24.3 Å². The lowest BCUT2D eigenvalue weighted by Crippen LogP contribution is -2.18. The minimum absolute atomic E-state index is 0.00987. The molecule has 8 heteroatoms. The molecule has 0 saturated heterocycles. The number of anilines is 2. The van der Waals surface area contributed by atoms with E-state index in [1.165, 1.54) is 12.1 Å². The molecular formula is C16H13Cl2F3N2O. The largest absolute Gasteiger partial charge is 0.418 e. The molecule has 0 aromatic heterocycles. The molecule has 128 valence electrons. The molecule has 2 aromatic carbocycles. The van der Waals surface area contributed by atoms with E-state index >= 15 is 0 Å². The number of hydrogen-bond donors (Lipinski definition) is 2. The van der Waals surface area contributed by atoms with Gasteiger partial charge in [0.15, 0.2) is 0 Å². The number of rotatable bonds is 5. The fourth-order valence-electron chi connectivity index (χ4n) is 1.99. The lowest BCUT2D eigenvalue weighted by molar-refractivity contribution is -0.137. The highest BCUT2D eigenvalue weighted by molar-refractivity contribution is 6.33. The summed E-state index contributed by atoms with van der Waals surface area (Å²) in [5.41, 5.74) is -0.550. The maximum absolute atomic E-state index is 13.0. The third-order valence-corrected chi connectivity index (χ3v) is 3.67. The molecule has 0 atom stereocenters. The van der Waals surface area contributed by atoms with E-state index in [-0.39, 0.29) is 29.6 Å². The highest BCUT2D eigenvalue weighted by atomic mass is 35.5. The van der Waals surface area contributed by atoms with Crippen molar-refractivity contribution in [1.29, 1.82) is 0 Å². The van der Waals surface area contributed by atoms with E-state index in [0.29, 0.717) is 10.7 Å². The Balaban J connectivity index is 1.95. The van der Waals surface area contributed by atoms with Gasteiger partial charge in [-0.25, -0.2) is 0 Å². The number of nitrogens with one attached hydrogen (secondary N) is 2. The molecule has 0 unspecified atom stereocenters. The average molecular weight is 377 g/mol. The molecule has 0 radical (unpaired) electrons. The first-order chi connectivity index (χ1) is 11.3. The Kier molecular flexibility index (Phi) is 5.96. The normalized spacial score (nSPS) is 11.2. The predicted octanol–water partition coefficient (Wildman–Crippen LogP) is 5.45. The van der Waals surface area contributed by atoms with Crippen molar-refractivity contribution < 1.29 is 18.0 Å². The molecule has 2 N–H and O–H groups in total. The number of carbonyl (C=O) groups excluding carboxylic acids is 1. The standard InChI is InChI=1S/C16H13Cl2F3N2O/c17-10-5-6-13(11(9-10)16(19,20)21)22-8-7-15(24)23-14-4-2-1-3-12(14)18/h1-6,9,22H,7-8H2,(H,23,24). The first-order valence-electron chi connectivity index (χ1n) is 6.92. The van der Waals surface area contributed by atoms with Crippen LogP contribution in [0, 0.1) is 0 Å². The maximum atomic E-state index is 13.0. The van der Waals surface area contributed by atoms with Crippen molar-refractivity contribution in [3.8, 4) is 0 Å². The van der Waals surface area contributed by atoms with Crippen molar-refractivity contribution in [1.82, 2.24) is 0 Å². The summed E-state index contributed by atoms with van der Waals surface area (Å²) in [5.74, 6) is -0.363. The Morgan fingerprint density at radius 1 is 1.04 bits per heavy atom. The molecule has 0 spiro atoms. The molecule has 0 aliphatic heterocycles. The number of carbonyl (C=O) groups is 1. The number of para-hydroxylation sites is 1. The molecule has 0 aliphatic carbocycles. The molecule has 3 nitrogen and oxygen atoms in total. The number of halogens is 5. The van der Waals surface area contributed by atoms with Crippen LogP contribution < -0.4 is 10.6 Å². The summed E-state index contributed by atoms with van der Waals surface area (Å²) >= 11 is 11.5. The van der Waals surface area contributed by atoms with Crippen molar-refractivity contribution >= 4 is 40.5 Å². The fraction of sp³-hybridized carbons (Fsp3) is 0.188. The van der Waals surface area contributed by atoms with Crippen molar-refractivity contribution in [2.45, 2.75) is 12.6 Å². The summed E-state index contributed by atoms with van der Waals surface area (Å²) in [6.45, 7) is 0.0288. The van der Waals surface area contributed by atoms with Crippen LogP contribution in [0.5, 0.6) is 0 Å². The van der Waals surface area contributed by atoms with Crippen LogP contribution in [0.25, 0.3) is 0 Å². The monoisotopic (exact) mass is 376 g/mol. The van der Waals surface area contributed by atoms with E-state index in [1.807, 2.05) is 0 Å². The van der Waals surface area contributed by atoms with Crippen LogP contribution >= 0.6 is 23.2 Å². The van der Waals surface area contributed by atoms with E-state index in [2.05, 4.69) is 10.6 Å². The molecule has 0 heterocycles. The summed E-state index contributed by atoms with van der Waals surface area (Å²) in [6.07, 6.45) is -4.56. The van der Waals surface area contributed by atoms with Crippen LogP contribution in [-0.4, -0.2) is 12.5 Å². The van der Waals surface area contributed by atoms with Gasteiger partial charge in [0, 0.05) is 23.7 Å². The fourth-order valence-corrected chi connectivity index (χ4v) is 2.35. The first kappa shape index (κ1) is 18.4. The molecule has 0 bridgehead atoms. The Morgan fingerprint density at radius 2 is 1.75 bits per heavy atom. The van der Waals surface area contributed by atoms with Gasteiger partial charge in [0.05, 0.1) is 16.3 Å². The summed E-state index contributed by atoms with van der Waals surface area (Å²) in [7, 11) is 0. The van der Waals surface area contributed by atoms with E-state index in [0.717, 1.165) is 6.07 Å². The number of alkyl halides is 3. The van der Waals surface area contributed by atoms with Gasteiger partial charge in [-0.15, -0.1) is 0 Å². The van der Waals surface area contributed by atoms with Crippen LogP contribution in [0.1, 0.15) is 12.0 Å². The minimum Gasteiger partial charge on any atom is -0.384 e. The third-order valence-electron chi connectivity index (χ3n) is 3.10. The Bertz CT molecular complexity index is 736. The van der Waals surface area contributed by atoms with Crippen LogP contribution in [0.2, 0.25) is 10.0 Å². The van der Waals surface area contributed by atoms with Crippen LogP contribution in [0.3, 0.4) is 0 Å². The molecule has 0 aliphatic rings. The van der Waals surface area contributed by atoms with E-state index in [9.17, 15) is 18.0 Å². The molecular weight excluding hydrogens is 364 g/mol. The predicted molar refractivity (Wildman–Crippen MR) is 89.6 cm³/mol. The topological polar surface area (TPSA) is 41.1 Å². The maximum Gasteiger partial charge on any atom is 0.418 e. The van der Waals surface area contributed by atoms with Crippen LogP contribution in [-0.2, 0) is 11.0 Å². The molecule has 0 fully saturated rings. The average Bonchev–Trinajstić information content (AvgIpc) is 2.50. The Labute approximate surface area is 146 Å². The number of hydrogen-bond acceptors (Lipinski definition) is 2. The number of benzene rings is 2. The summed E-state index contributed by atoms with van der Waals surface area (Å²) in [6, 6.07) is 10.1. The molecule has 0 saturated carbocycles. The zero-order chi connectivity index (χ0) is 17.7. The highest BCUT2D eigenvalue weighted by Crippen LogP contribution is 2.36. The Morgan fingerprint density at radius 3 is 2.42 bits per heavy atom. The lowest BCUT2D eigenvalue weighted by Gasteiger charge is -2.15. The van der Waals surface area contributed by atoms with Crippen molar-refractivity contribution in [3.05, 3.63) is 58.1 Å². The molecule has 2 rings (SSSR count). The van der Waals surface area contributed by atoms with Gasteiger partial charge in [0.1, 0.15) is 0 Å². The van der Waals surface area contributed by atoms with Crippen molar-refractivity contribution in [2.24, 2.45) is 0 Å². The highest BCUT2D eigenvalue weighted by Gasteiger charge is 2.33.